The van der Waals surface area contributed by atoms with E-state index in [0.29, 0.717) is 11.6 Å². The number of aryl methyl sites for hydroxylation is 1. The molecule has 2 N–H and O–H groups in total. The molecule has 0 spiro atoms. The average molecular weight is 378 g/mol. The molecule has 0 saturated heterocycles. The van der Waals surface area contributed by atoms with Gasteiger partial charge in [-0.2, -0.15) is 0 Å². The summed E-state index contributed by atoms with van der Waals surface area (Å²) in [5, 5.41) is 5.92. The van der Waals surface area contributed by atoms with Gasteiger partial charge in [0, 0.05) is 23.2 Å². The van der Waals surface area contributed by atoms with E-state index in [1.165, 1.54) is 6.08 Å². The topological polar surface area (TPSA) is 67.4 Å². The summed E-state index contributed by atoms with van der Waals surface area (Å²) < 4.78 is 5.39. The van der Waals surface area contributed by atoms with Crippen LogP contribution in [-0.2, 0) is 4.79 Å². The van der Waals surface area contributed by atoms with E-state index >= 15 is 0 Å². The van der Waals surface area contributed by atoms with Gasteiger partial charge in [0.1, 0.15) is 5.75 Å². The number of ether oxygens (including phenoxy) is 1. The van der Waals surface area contributed by atoms with Gasteiger partial charge in [-0.15, -0.1) is 0 Å². The van der Waals surface area contributed by atoms with Crippen molar-refractivity contribution in [1.29, 1.82) is 0 Å². The summed E-state index contributed by atoms with van der Waals surface area (Å²) >= 11 is 0. The maximum absolute atomic E-state index is 12.3. The lowest BCUT2D eigenvalue weighted by atomic mass is 10.0. The quantitative estimate of drug-likeness (QED) is 0.721. The van der Waals surface area contributed by atoms with Crippen LogP contribution < -0.4 is 15.4 Å². The van der Waals surface area contributed by atoms with Gasteiger partial charge in [-0.3, -0.25) is 9.59 Å². The lowest BCUT2D eigenvalue weighted by Crippen LogP contribution is -2.25. The Morgan fingerprint density at radius 3 is 2.50 bits per heavy atom. The van der Waals surface area contributed by atoms with Gasteiger partial charge in [-0.05, 0) is 56.5 Å². The zero-order valence-electron chi connectivity index (χ0n) is 16.5. The van der Waals surface area contributed by atoms with Crippen molar-refractivity contribution in [2.75, 3.05) is 7.11 Å². The van der Waals surface area contributed by atoms with E-state index < -0.39 is 0 Å². The number of amides is 2. The molecule has 0 radical (unpaired) electrons. The summed E-state index contributed by atoms with van der Waals surface area (Å²) in [4.78, 5) is 24.3. The van der Waals surface area contributed by atoms with Crippen molar-refractivity contribution >= 4 is 17.9 Å². The smallest absolute Gasteiger partial charge is 0.251 e. The molecule has 146 valence electrons. The van der Waals surface area contributed by atoms with Crippen molar-refractivity contribution in [3.63, 3.8) is 0 Å². The largest absolute Gasteiger partial charge is 0.496 e. The van der Waals surface area contributed by atoms with E-state index in [9.17, 15) is 9.59 Å². The zero-order valence-corrected chi connectivity index (χ0v) is 16.5. The van der Waals surface area contributed by atoms with Gasteiger partial charge in [0.15, 0.2) is 0 Å². The monoisotopic (exact) mass is 378 g/mol. The number of carbonyl (C=O) groups is 2. The molecular formula is C23H26N2O3. The minimum Gasteiger partial charge on any atom is -0.496 e. The van der Waals surface area contributed by atoms with Gasteiger partial charge in [-0.25, -0.2) is 0 Å². The molecular weight excluding hydrogens is 352 g/mol. The predicted molar refractivity (Wildman–Crippen MR) is 110 cm³/mol. The first-order valence-corrected chi connectivity index (χ1v) is 9.50. The molecule has 1 unspecified atom stereocenters. The Bertz CT molecular complexity index is 883. The highest BCUT2D eigenvalue weighted by molar-refractivity contribution is 5.95. The van der Waals surface area contributed by atoms with E-state index in [1.54, 1.807) is 25.3 Å². The van der Waals surface area contributed by atoms with Crippen LogP contribution in [-0.4, -0.2) is 25.0 Å². The second-order valence-corrected chi connectivity index (χ2v) is 7.18. The van der Waals surface area contributed by atoms with Gasteiger partial charge in [-0.1, -0.05) is 29.8 Å². The molecule has 2 aromatic rings. The van der Waals surface area contributed by atoms with Crippen LogP contribution in [0.4, 0.5) is 0 Å². The zero-order chi connectivity index (χ0) is 20.1. The summed E-state index contributed by atoms with van der Waals surface area (Å²) in [5.74, 6) is 0.519. The third kappa shape index (κ3) is 5.22. The van der Waals surface area contributed by atoms with Crippen molar-refractivity contribution in [3.05, 3.63) is 70.8 Å². The molecule has 5 nitrogen and oxygen atoms in total. The number of methoxy groups -OCH3 is 1. The van der Waals surface area contributed by atoms with Gasteiger partial charge in [0.05, 0.1) is 13.2 Å². The molecule has 1 aliphatic carbocycles. The van der Waals surface area contributed by atoms with Crippen LogP contribution in [0.25, 0.3) is 6.08 Å². The van der Waals surface area contributed by atoms with Crippen LogP contribution in [0.5, 0.6) is 5.75 Å². The highest BCUT2D eigenvalue weighted by atomic mass is 16.5. The molecule has 1 fully saturated rings. The van der Waals surface area contributed by atoms with Crippen LogP contribution in [0.2, 0.25) is 0 Å². The van der Waals surface area contributed by atoms with E-state index in [4.69, 9.17) is 4.74 Å². The van der Waals surface area contributed by atoms with E-state index in [-0.39, 0.29) is 17.9 Å². The summed E-state index contributed by atoms with van der Waals surface area (Å²) in [6, 6.07) is 13.3. The summed E-state index contributed by atoms with van der Waals surface area (Å²) in [6.07, 6.45) is 5.36. The fraction of sp³-hybridized carbons (Fsp3) is 0.304. The standard InChI is InChI=1S/C23H26N2O3/c1-15-4-12-21(28-3)20(14-15)16(2)24-22(26)13-7-17-5-8-18(9-6-17)23(27)25-19-10-11-19/h4-9,12-14,16,19H,10-11H2,1-3H3,(H,24,26)(H,25,27)/b13-7+. The molecule has 2 amide bonds. The van der Waals surface area contributed by atoms with Gasteiger partial charge >= 0.3 is 0 Å². The number of nitrogens with one attached hydrogen (secondary N) is 2. The highest BCUT2D eigenvalue weighted by Gasteiger charge is 2.23. The van der Waals surface area contributed by atoms with Crippen LogP contribution in [0.1, 0.15) is 52.9 Å². The summed E-state index contributed by atoms with van der Waals surface area (Å²) in [5.41, 5.74) is 3.54. The number of hydrogen-bond acceptors (Lipinski definition) is 3. The van der Waals surface area contributed by atoms with E-state index in [1.807, 2.05) is 44.2 Å². The molecule has 3 rings (SSSR count). The Kier molecular flexibility index (Phi) is 6.14. The Labute approximate surface area is 165 Å². The molecule has 0 aliphatic heterocycles. The van der Waals surface area contributed by atoms with E-state index in [2.05, 4.69) is 10.6 Å². The second-order valence-electron chi connectivity index (χ2n) is 7.18. The Morgan fingerprint density at radius 1 is 1.14 bits per heavy atom. The third-order valence-electron chi connectivity index (χ3n) is 4.72. The normalized spacial score (nSPS) is 14.5. The highest BCUT2D eigenvalue weighted by Crippen LogP contribution is 2.26. The maximum Gasteiger partial charge on any atom is 0.251 e. The fourth-order valence-electron chi connectivity index (χ4n) is 2.95. The fourth-order valence-corrected chi connectivity index (χ4v) is 2.95. The molecule has 1 saturated carbocycles. The first kappa shape index (κ1) is 19.7. The predicted octanol–water partition coefficient (Wildman–Crippen LogP) is 3.79. The molecule has 1 atom stereocenters. The molecule has 0 aromatic heterocycles. The van der Waals surface area contributed by atoms with Crippen LogP contribution in [0.15, 0.2) is 48.5 Å². The first-order chi connectivity index (χ1) is 13.5. The molecule has 2 aromatic carbocycles. The number of hydrogen-bond donors (Lipinski definition) is 2. The van der Waals surface area contributed by atoms with Gasteiger partial charge in [0.25, 0.3) is 5.91 Å². The minimum absolute atomic E-state index is 0.0447. The molecule has 1 aliphatic rings. The Hall–Kier alpha value is -3.08. The lowest BCUT2D eigenvalue weighted by Gasteiger charge is -2.17. The molecule has 28 heavy (non-hydrogen) atoms. The second kappa shape index (κ2) is 8.74. The number of carbonyl (C=O) groups excluding carboxylic acids is 2. The van der Waals surface area contributed by atoms with Crippen molar-refractivity contribution in [2.45, 2.75) is 38.8 Å². The SMILES string of the molecule is COc1ccc(C)cc1C(C)NC(=O)/C=C/c1ccc(C(=O)NC2CC2)cc1. The van der Waals surface area contributed by atoms with Gasteiger partial charge < -0.3 is 15.4 Å². The Morgan fingerprint density at radius 2 is 1.86 bits per heavy atom. The molecule has 0 bridgehead atoms. The molecule has 5 heteroatoms. The number of benzene rings is 2. The van der Waals surface area contributed by atoms with Crippen LogP contribution >= 0.6 is 0 Å². The third-order valence-corrected chi connectivity index (χ3v) is 4.72. The molecule has 0 heterocycles. The summed E-state index contributed by atoms with van der Waals surface area (Å²) in [7, 11) is 1.62. The average Bonchev–Trinajstić information content (AvgIpc) is 3.50. The van der Waals surface area contributed by atoms with Crippen molar-refractivity contribution in [3.8, 4) is 5.75 Å². The van der Waals surface area contributed by atoms with Crippen molar-refractivity contribution < 1.29 is 14.3 Å². The minimum atomic E-state index is -0.188. The van der Waals surface area contributed by atoms with Crippen molar-refractivity contribution in [1.82, 2.24) is 10.6 Å². The summed E-state index contributed by atoms with van der Waals surface area (Å²) in [6.45, 7) is 3.93. The lowest BCUT2D eigenvalue weighted by molar-refractivity contribution is -0.117. The number of rotatable bonds is 7. The van der Waals surface area contributed by atoms with E-state index in [0.717, 1.165) is 35.3 Å². The Balaban J connectivity index is 1.58. The van der Waals surface area contributed by atoms with Gasteiger partial charge in [0.2, 0.25) is 5.91 Å². The van der Waals surface area contributed by atoms with Crippen LogP contribution in [0.3, 0.4) is 0 Å². The van der Waals surface area contributed by atoms with Crippen LogP contribution in [0, 0.1) is 6.92 Å². The van der Waals surface area contributed by atoms with Crippen molar-refractivity contribution in [2.24, 2.45) is 0 Å². The maximum atomic E-state index is 12.3. The first-order valence-electron chi connectivity index (χ1n) is 9.50.